The third-order valence-electron chi connectivity index (χ3n) is 3.29. The van der Waals surface area contributed by atoms with Crippen molar-refractivity contribution < 1.29 is 4.79 Å². The standard InChI is InChI=1S/C20H35NO/c1-4-5-6-7-8-9-10-11-12-13-14-15-16-17-20(22)21-18-19(2)3/h6-7,14-17,19H,4-5,8-13,18H2,1-3H3,(H,21,22). The van der Waals surface area contributed by atoms with Crippen LogP contribution in [0.1, 0.15) is 72.1 Å². The summed E-state index contributed by atoms with van der Waals surface area (Å²) in [6.45, 7) is 7.13. The third kappa shape index (κ3) is 16.7. The van der Waals surface area contributed by atoms with Crippen LogP contribution in [0.4, 0.5) is 0 Å². The van der Waals surface area contributed by atoms with Crippen molar-refractivity contribution in [3.8, 4) is 0 Å². The molecule has 1 amide bonds. The van der Waals surface area contributed by atoms with Crippen molar-refractivity contribution in [2.45, 2.75) is 72.1 Å². The monoisotopic (exact) mass is 305 g/mol. The highest BCUT2D eigenvalue weighted by molar-refractivity contribution is 5.87. The molecule has 0 radical (unpaired) electrons. The largest absolute Gasteiger partial charge is 0.352 e. The van der Waals surface area contributed by atoms with Crippen molar-refractivity contribution in [3.05, 3.63) is 36.5 Å². The minimum Gasteiger partial charge on any atom is -0.352 e. The number of rotatable bonds is 13. The van der Waals surface area contributed by atoms with Crippen molar-refractivity contribution >= 4 is 5.91 Å². The lowest BCUT2D eigenvalue weighted by Gasteiger charge is -2.03. The van der Waals surface area contributed by atoms with Gasteiger partial charge in [-0.05, 0) is 38.0 Å². The highest BCUT2D eigenvalue weighted by Gasteiger charge is 1.95. The molecular formula is C20H35NO. The van der Waals surface area contributed by atoms with Crippen LogP contribution in [-0.4, -0.2) is 12.5 Å². The maximum absolute atomic E-state index is 11.4. The Morgan fingerprint density at radius 2 is 1.55 bits per heavy atom. The molecule has 1 N–H and O–H groups in total. The van der Waals surface area contributed by atoms with Crippen molar-refractivity contribution in [1.29, 1.82) is 0 Å². The van der Waals surface area contributed by atoms with Crippen LogP contribution in [0.2, 0.25) is 0 Å². The summed E-state index contributed by atoms with van der Waals surface area (Å²) in [5, 5.41) is 2.86. The molecule has 0 spiro atoms. The minimum absolute atomic E-state index is 0.00511. The third-order valence-corrected chi connectivity index (χ3v) is 3.29. The average molecular weight is 306 g/mol. The van der Waals surface area contributed by atoms with Gasteiger partial charge < -0.3 is 5.32 Å². The number of amides is 1. The van der Waals surface area contributed by atoms with Crippen molar-refractivity contribution in [2.24, 2.45) is 5.92 Å². The average Bonchev–Trinajstić information content (AvgIpc) is 2.49. The molecular weight excluding hydrogens is 270 g/mol. The molecule has 0 aliphatic carbocycles. The number of hydrogen-bond acceptors (Lipinski definition) is 1. The zero-order chi connectivity index (χ0) is 16.5. The van der Waals surface area contributed by atoms with E-state index in [2.05, 4.69) is 44.3 Å². The van der Waals surface area contributed by atoms with Gasteiger partial charge in [-0.3, -0.25) is 4.79 Å². The first-order valence-corrected chi connectivity index (χ1v) is 8.92. The molecule has 0 aromatic heterocycles. The molecule has 0 aliphatic rings. The number of carbonyl (C=O) groups excluding carboxylic acids is 1. The van der Waals surface area contributed by atoms with Gasteiger partial charge in [-0.2, -0.15) is 0 Å². The van der Waals surface area contributed by atoms with Crippen LogP contribution in [-0.2, 0) is 4.79 Å². The van der Waals surface area contributed by atoms with Crippen LogP contribution in [0.5, 0.6) is 0 Å². The van der Waals surface area contributed by atoms with Gasteiger partial charge in [0.15, 0.2) is 0 Å². The molecule has 0 aromatic rings. The number of carbonyl (C=O) groups is 1. The Bertz CT molecular complexity index is 340. The van der Waals surface area contributed by atoms with E-state index in [9.17, 15) is 4.79 Å². The highest BCUT2D eigenvalue weighted by Crippen LogP contribution is 2.06. The van der Waals surface area contributed by atoms with E-state index < -0.39 is 0 Å². The molecule has 0 saturated carbocycles. The molecule has 0 fully saturated rings. The first kappa shape index (κ1) is 20.7. The maximum atomic E-state index is 11.4. The molecule has 0 unspecified atom stereocenters. The molecule has 126 valence electrons. The van der Waals surface area contributed by atoms with Gasteiger partial charge in [0.25, 0.3) is 0 Å². The quantitative estimate of drug-likeness (QED) is 0.205. The van der Waals surface area contributed by atoms with Crippen LogP contribution in [0.25, 0.3) is 0 Å². The van der Waals surface area contributed by atoms with Crippen LogP contribution in [0.3, 0.4) is 0 Å². The second-order valence-corrected chi connectivity index (χ2v) is 6.18. The summed E-state index contributed by atoms with van der Waals surface area (Å²) >= 11 is 0. The maximum Gasteiger partial charge on any atom is 0.243 e. The molecule has 0 saturated heterocycles. The summed E-state index contributed by atoms with van der Waals surface area (Å²) in [4.78, 5) is 11.4. The normalized spacial score (nSPS) is 12.2. The topological polar surface area (TPSA) is 29.1 Å². The lowest BCUT2D eigenvalue weighted by atomic mass is 10.1. The fourth-order valence-corrected chi connectivity index (χ4v) is 1.96. The Kier molecular flexibility index (Phi) is 15.1. The smallest absolute Gasteiger partial charge is 0.243 e. The SMILES string of the molecule is CCCC=CCCCCCCC=CC=CC(=O)NCC(C)C. The highest BCUT2D eigenvalue weighted by atomic mass is 16.1. The lowest BCUT2D eigenvalue weighted by molar-refractivity contribution is -0.116. The van der Waals surface area contributed by atoms with Gasteiger partial charge in [0.1, 0.15) is 0 Å². The van der Waals surface area contributed by atoms with E-state index in [1.54, 1.807) is 6.08 Å². The Balaban J connectivity index is 3.42. The zero-order valence-electron chi connectivity index (χ0n) is 14.8. The Hall–Kier alpha value is -1.31. The molecule has 2 heteroatoms. The predicted molar refractivity (Wildman–Crippen MR) is 97.9 cm³/mol. The molecule has 0 bridgehead atoms. The van der Waals surface area contributed by atoms with Gasteiger partial charge in [0.2, 0.25) is 5.91 Å². The van der Waals surface area contributed by atoms with Crippen LogP contribution >= 0.6 is 0 Å². The van der Waals surface area contributed by atoms with Gasteiger partial charge >= 0.3 is 0 Å². The molecule has 0 atom stereocenters. The summed E-state index contributed by atoms with van der Waals surface area (Å²) in [5.74, 6) is 0.490. The molecule has 0 heterocycles. The minimum atomic E-state index is -0.00511. The van der Waals surface area contributed by atoms with E-state index in [4.69, 9.17) is 0 Å². The number of hydrogen-bond donors (Lipinski definition) is 1. The Morgan fingerprint density at radius 3 is 2.18 bits per heavy atom. The van der Waals surface area contributed by atoms with Crippen molar-refractivity contribution in [2.75, 3.05) is 6.54 Å². The number of unbranched alkanes of at least 4 members (excludes halogenated alkanes) is 6. The zero-order valence-corrected chi connectivity index (χ0v) is 14.8. The Morgan fingerprint density at radius 1 is 0.909 bits per heavy atom. The summed E-state index contributed by atoms with van der Waals surface area (Å²) in [5.41, 5.74) is 0. The molecule has 22 heavy (non-hydrogen) atoms. The van der Waals surface area contributed by atoms with Crippen LogP contribution < -0.4 is 5.32 Å². The summed E-state index contributed by atoms with van der Waals surface area (Å²) < 4.78 is 0. The van der Waals surface area contributed by atoms with Crippen molar-refractivity contribution in [1.82, 2.24) is 5.32 Å². The van der Waals surface area contributed by atoms with E-state index in [1.807, 2.05) is 12.2 Å². The second kappa shape index (κ2) is 16.1. The van der Waals surface area contributed by atoms with Crippen LogP contribution in [0, 0.1) is 5.92 Å². The summed E-state index contributed by atoms with van der Waals surface area (Å²) in [6, 6.07) is 0. The van der Waals surface area contributed by atoms with Crippen molar-refractivity contribution in [3.63, 3.8) is 0 Å². The van der Waals surface area contributed by atoms with Gasteiger partial charge in [0.05, 0.1) is 0 Å². The van der Waals surface area contributed by atoms with Crippen LogP contribution in [0.15, 0.2) is 36.5 Å². The van der Waals surface area contributed by atoms with E-state index in [-0.39, 0.29) is 5.91 Å². The molecule has 2 nitrogen and oxygen atoms in total. The van der Waals surface area contributed by atoms with E-state index in [0.29, 0.717) is 5.92 Å². The van der Waals surface area contributed by atoms with Gasteiger partial charge in [-0.15, -0.1) is 0 Å². The first-order chi connectivity index (χ1) is 10.7. The fraction of sp³-hybridized carbons (Fsp3) is 0.650. The number of allylic oxidation sites excluding steroid dienone is 5. The second-order valence-electron chi connectivity index (χ2n) is 6.18. The van der Waals surface area contributed by atoms with E-state index in [1.165, 1.54) is 44.9 Å². The molecule has 0 aliphatic heterocycles. The van der Waals surface area contributed by atoms with Gasteiger partial charge in [-0.25, -0.2) is 0 Å². The lowest BCUT2D eigenvalue weighted by Crippen LogP contribution is -2.25. The van der Waals surface area contributed by atoms with Gasteiger partial charge in [-0.1, -0.05) is 70.4 Å². The molecule has 0 rings (SSSR count). The Labute approximate surface area is 137 Å². The summed E-state index contributed by atoms with van der Waals surface area (Å²) in [7, 11) is 0. The van der Waals surface area contributed by atoms with Gasteiger partial charge in [0, 0.05) is 12.6 Å². The predicted octanol–water partition coefficient (Wildman–Crippen LogP) is 5.57. The molecule has 0 aromatic carbocycles. The van der Waals surface area contributed by atoms with E-state index >= 15 is 0 Å². The van der Waals surface area contributed by atoms with E-state index in [0.717, 1.165) is 13.0 Å². The first-order valence-electron chi connectivity index (χ1n) is 8.92. The summed E-state index contributed by atoms with van der Waals surface area (Å²) in [6.07, 6.45) is 22.1. The fourth-order valence-electron chi connectivity index (χ4n) is 1.96. The number of nitrogens with one attached hydrogen (secondary N) is 1.